The van der Waals surface area contributed by atoms with Gasteiger partial charge < -0.3 is 24.8 Å². The van der Waals surface area contributed by atoms with Gasteiger partial charge in [0.2, 0.25) is 0 Å². The number of hydrogen-bond acceptors (Lipinski definition) is 0. The van der Waals surface area contributed by atoms with Crippen molar-refractivity contribution in [2.45, 2.75) is 71.6 Å². The molecule has 3 heteroatoms. The van der Waals surface area contributed by atoms with Crippen LogP contribution in [-0.4, -0.2) is 3.71 Å². The van der Waals surface area contributed by atoms with Crippen LogP contribution < -0.4 is 24.8 Å². The largest absolute Gasteiger partial charge is 1.00 e. The van der Waals surface area contributed by atoms with Crippen LogP contribution in [0.1, 0.15) is 76.5 Å². The topological polar surface area (TPSA) is 0 Å². The van der Waals surface area contributed by atoms with E-state index in [0.29, 0.717) is 5.41 Å². The Morgan fingerprint density at radius 2 is 1.69 bits per heavy atom. The van der Waals surface area contributed by atoms with Crippen LogP contribution in [0.3, 0.4) is 0 Å². The van der Waals surface area contributed by atoms with E-state index in [1.807, 2.05) is 6.92 Å². The Balaban J connectivity index is 0.000000263. The van der Waals surface area contributed by atoms with Crippen LogP contribution in [0.4, 0.5) is 0 Å². The maximum Gasteiger partial charge on any atom is -1.00 e. The molecule has 1 fully saturated rings. The first kappa shape index (κ1) is 30.2. The van der Waals surface area contributed by atoms with Crippen LogP contribution in [0.15, 0.2) is 77.4 Å². The van der Waals surface area contributed by atoms with Crippen molar-refractivity contribution in [2.24, 2.45) is 11.8 Å². The van der Waals surface area contributed by atoms with Crippen LogP contribution in [0.2, 0.25) is 0 Å². The maximum absolute atomic E-state index is 2.57. The zero-order valence-electron chi connectivity index (χ0n) is 21.6. The summed E-state index contributed by atoms with van der Waals surface area (Å²) in [6.07, 6.45) is 15.3. The first-order chi connectivity index (χ1) is 16.0. The van der Waals surface area contributed by atoms with Crippen LogP contribution >= 0.6 is 0 Å². The second-order valence-corrected chi connectivity index (χ2v) is 12.1. The number of hydrogen-bond donors (Lipinski definition) is 0. The van der Waals surface area contributed by atoms with Gasteiger partial charge in [0.1, 0.15) is 0 Å². The van der Waals surface area contributed by atoms with Crippen molar-refractivity contribution in [3.05, 3.63) is 101 Å². The summed E-state index contributed by atoms with van der Waals surface area (Å²) in [5, 5.41) is 0. The molecule has 0 bridgehead atoms. The minimum absolute atomic E-state index is 0. The smallest absolute Gasteiger partial charge is 1.00 e. The minimum atomic E-state index is 0. The Hall–Kier alpha value is -1.01. The van der Waals surface area contributed by atoms with Crippen molar-refractivity contribution >= 4 is 9.28 Å². The summed E-state index contributed by atoms with van der Waals surface area (Å²) in [7, 11) is 0. The fourth-order valence-electron chi connectivity index (χ4n) is 5.93. The van der Waals surface area contributed by atoms with Crippen LogP contribution in [0.25, 0.3) is 5.57 Å². The van der Waals surface area contributed by atoms with Gasteiger partial charge in [0, 0.05) is 0 Å². The van der Waals surface area contributed by atoms with Gasteiger partial charge in [-0.25, -0.2) is 24.1 Å². The zero-order chi connectivity index (χ0) is 23.4. The molecule has 2 aromatic carbocycles. The van der Waals surface area contributed by atoms with E-state index < -0.39 is 0 Å². The van der Waals surface area contributed by atoms with Crippen molar-refractivity contribution in [3.8, 4) is 0 Å². The molecule has 0 heterocycles. The predicted octanol–water partition coefficient (Wildman–Crippen LogP) is 2.34. The van der Waals surface area contributed by atoms with E-state index in [1.54, 1.807) is 27.9 Å². The summed E-state index contributed by atoms with van der Waals surface area (Å²) >= 11 is 1.51. The molecule has 2 unspecified atom stereocenters. The van der Waals surface area contributed by atoms with Crippen molar-refractivity contribution in [3.63, 3.8) is 0 Å². The SMILES string of the molecule is C1=CC2=C3C(=C4[CH-]CCCC4C2CC1)Cc1ccccc13.CC(C)(C)[c-]1cccc1.C[CH]=[Zr+2].[Cl-].[Cl-]. The van der Waals surface area contributed by atoms with Gasteiger partial charge in [0.25, 0.3) is 0 Å². The summed E-state index contributed by atoms with van der Waals surface area (Å²) in [6.45, 7) is 8.71. The van der Waals surface area contributed by atoms with Gasteiger partial charge >= 0.3 is 34.9 Å². The van der Waals surface area contributed by atoms with Gasteiger partial charge in [-0.15, -0.1) is 6.42 Å². The molecule has 186 valence electrons. The van der Waals surface area contributed by atoms with Gasteiger partial charge in [-0.2, -0.15) is 23.3 Å². The van der Waals surface area contributed by atoms with Crippen molar-refractivity contribution < 1.29 is 49.0 Å². The molecule has 0 aliphatic heterocycles. The zero-order valence-corrected chi connectivity index (χ0v) is 25.6. The van der Waals surface area contributed by atoms with Gasteiger partial charge in [-0.3, -0.25) is 0 Å². The Bertz CT molecular complexity index is 1060. The molecule has 2 aromatic rings. The average Bonchev–Trinajstić information content (AvgIpc) is 3.49. The van der Waals surface area contributed by atoms with Crippen molar-refractivity contribution in [1.82, 2.24) is 0 Å². The predicted molar refractivity (Wildman–Crippen MR) is 140 cm³/mol. The van der Waals surface area contributed by atoms with E-state index in [9.17, 15) is 0 Å². The Labute approximate surface area is 240 Å². The van der Waals surface area contributed by atoms with Crippen LogP contribution in [0, 0.1) is 18.3 Å². The molecule has 4 aliphatic carbocycles. The van der Waals surface area contributed by atoms with E-state index >= 15 is 0 Å². The first-order valence-electron chi connectivity index (χ1n) is 12.7. The normalized spacial score (nSPS) is 21.2. The number of rotatable bonds is 0. The van der Waals surface area contributed by atoms with Gasteiger partial charge in [-0.05, 0) is 36.7 Å². The maximum atomic E-state index is 2.57. The number of benzene rings is 1. The minimum Gasteiger partial charge on any atom is -1.00 e. The third-order valence-electron chi connectivity index (χ3n) is 7.43. The first-order valence-corrected chi connectivity index (χ1v) is 14.1. The Kier molecular flexibility index (Phi) is 11.7. The summed E-state index contributed by atoms with van der Waals surface area (Å²) in [5.74, 6) is 1.60. The molecule has 0 nitrogen and oxygen atoms in total. The van der Waals surface area contributed by atoms with E-state index in [1.165, 1.54) is 67.5 Å². The standard InChI is InChI=1S/C21H21.C9H13.C2H4.2ClH.Zr/c1-2-8-15-14(7-1)13-20-18-11-4-3-9-16(18)17-10-5-6-12-19(17)21(15)20;1-9(2,3)8-6-4-5-7-8;1-2;;;/h1-2,6-8,11-12,16-17H,3-5,9-10,13H2;4-7H,1-3H3;1H,2H3;2*1H;/q2*-1;;;;+2/p-2. The summed E-state index contributed by atoms with van der Waals surface area (Å²) in [4.78, 5) is 0. The fourth-order valence-corrected chi connectivity index (χ4v) is 5.93. The summed E-state index contributed by atoms with van der Waals surface area (Å²) < 4.78 is 2.09. The fraction of sp³-hybridized carbons (Fsp3) is 0.406. The van der Waals surface area contributed by atoms with Crippen LogP contribution in [-0.2, 0) is 36.1 Å². The molecule has 0 spiro atoms. The monoisotopic (exact) mass is 582 g/mol. The second-order valence-electron chi connectivity index (χ2n) is 10.6. The van der Waals surface area contributed by atoms with Gasteiger partial charge in [0.05, 0.1) is 0 Å². The molecule has 1 saturated carbocycles. The molecule has 0 radical (unpaired) electrons. The molecule has 2 atom stereocenters. The van der Waals surface area contributed by atoms with Crippen LogP contribution in [0.5, 0.6) is 0 Å². The average molecular weight is 585 g/mol. The number of halogens is 2. The van der Waals surface area contributed by atoms with E-state index in [-0.39, 0.29) is 24.8 Å². The molecule has 4 aliphatic rings. The van der Waals surface area contributed by atoms with E-state index in [2.05, 4.69) is 91.6 Å². The summed E-state index contributed by atoms with van der Waals surface area (Å²) in [6, 6.07) is 17.6. The molecule has 6 rings (SSSR count). The molecule has 0 saturated heterocycles. The second kappa shape index (κ2) is 13.5. The number of fused-ring (bicyclic) bond motifs is 6. The van der Waals surface area contributed by atoms with E-state index in [0.717, 1.165) is 18.3 Å². The quantitative estimate of drug-likeness (QED) is 0.418. The Morgan fingerprint density at radius 1 is 1.00 bits per heavy atom. The molecular formula is C32H38Cl2Zr-2. The third-order valence-corrected chi connectivity index (χ3v) is 7.43. The third kappa shape index (κ3) is 6.66. The van der Waals surface area contributed by atoms with Gasteiger partial charge in [-0.1, -0.05) is 92.2 Å². The molecule has 0 amide bonds. The summed E-state index contributed by atoms with van der Waals surface area (Å²) in [5.41, 5.74) is 11.5. The molecule has 0 aromatic heterocycles. The molecule has 35 heavy (non-hydrogen) atoms. The van der Waals surface area contributed by atoms with Crippen molar-refractivity contribution in [2.75, 3.05) is 0 Å². The Morgan fingerprint density at radius 3 is 2.34 bits per heavy atom. The number of allylic oxidation sites excluding steroid dienone is 6. The van der Waals surface area contributed by atoms with Gasteiger partial charge in [0.15, 0.2) is 0 Å². The molecule has 0 N–H and O–H groups in total. The van der Waals surface area contributed by atoms with E-state index in [4.69, 9.17) is 0 Å². The molecular weight excluding hydrogens is 546 g/mol. The van der Waals surface area contributed by atoms with Crippen molar-refractivity contribution in [1.29, 1.82) is 0 Å².